The fourth-order valence-electron chi connectivity index (χ4n) is 12.9. The molecular weight excluding hydrogens is 815 g/mol. The molecule has 4 aliphatic carbocycles. The first-order valence-corrected chi connectivity index (χ1v) is 23.8. The summed E-state index contributed by atoms with van der Waals surface area (Å²) in [6, 6.07) is 89.2. The molecule has 0 atom stereocenters. The summed E-state index contributed by atoms with van der Waals surface area (Å²) in [5.74, 6) is 0. The maximum absolute atomic E-state index is 2.60. The van der Waals surface area contributed by atoms with Crippen LogP contribution in [0.15, 0.2) is 237 Å². The van der Waals surface area contributed by atoms with Crippen molar-refractivity contribution in [3.8, 4) is 55.6 Å². The van der Waals surface area contributed by atoms with E-state index in [1.54, 1.807) is 0 Å². The molecule has 4 aliphatic rings. The van der Waals surface area contributed by atoms with Crippen LogP contribution in [0.3, 0.4) is 0 Å². The number of anilines is 3. The standard InChI is InChI=1S/C64H39NS/c1-2-19-40(20-3-1)42-21-9-16-34-57(42)65(41-37-38-48-47-26-6-13-30-52(47)63(56(48)39-41)50-28-11-4-22-43(50)44-23-5-12-29-51(44)63)58-35-18-33-55-61(58)60-49-27-10-17-36-59(49)66-62(60)64(55)53-31-14-7-24-45(53)46-25-8-15-32-54(46)64/h1-39H. The monoisotopic (exact) mass is 853 g/mol. The summed E-state index contributed by atoms with van der Waals surface area (Å²) in [5, 5.41) is 1.31. The second-order valence-corrected chi connectivity index (χ2v) is 19.2. The van der Waals surface area contributed by atoms with Crippen LogP contribution in [0.4, 0.5) is 17.1 Å². The van der Waals surface area contributed by atoms with Gasteiger partial charge in [-0.3, -0.25) is 0 Å². The number of nitrogens with zero attached hydrogens (tertiary/aromatic N) is 1. The van der Waals surface area contributed by atoms with E-state index in [1.165, 1.54) is 115 Å². The van der Waals surface area contributed by atoms with Crippen LogP contribution in [0.5, 0.6) is 0 Å². The molecule has 306 valence electrons. The van der Waals surface area contributed by atoms with Crippen LogP contribution >= 0.6 is 11.3 Å². The van der Waals surface area contributed by atoms with E-state index in [2.05, 4.69) is 241 Å². The second-order valence-electron chi connectivity index (χ2n) is 18.2. The molecule has 2 spiro atoms. The molecule has 66 heavy (non-hydrogen) atoms. The van der Waals surface area contributed by atoms with E-state index in [9.17, 15) is 0 Å². The van der Waals surface area contributed by atoms with Crippen molar-refractivity contribution in [1.82, 2.24) is 0 Å². The van der Waals surface area contributed by atoms with Gasteiger partial charge >= 0.3 is 0 Å². The highest BCUT2D eigenvalue weighted by atomic mass is 32.1. The van der Waals surface area contributed by atoms with Crippen LogP contribution in [0, 0.1) is 0 Å². The zero-order valence-electron chi connectivity index (χ0n) is 35.9. The first-order valence-electron chi connectivity index (χ1n) is 23.0. The van der Waals surface area contributed by atoms with E-state index in [1.807, 2.05) is 11.3 Å². The minimum absolute atomic E-state index is 0.469. The third-order valence-electron chi connectivity index (χ3n) is 15.3. The van der Waals surface area contributed by atoms with E-state index < -0.39 is 10.8 Å². The molecule has 1 aromatic heterocycles. The van der Waals surface area contributed by atoms with Gasteiger partial charge in [0.05, 0.1) is 22.2 Å². The highest BCUT2D eigenvalue weighted by Crippen LogP contribution is 2.69. The lowest BCUT2D eigenvalue weighted by atomic mass is 9.70. The summed E-state index contributed by atoms with van der Waals surface area (Å²) in [5.41, 5.74) is 24.8. The predicted octanol–water partition coefficient (Wildman–Crippen LogP) is 16.7. The summed E-state index contributed by atoms with van der Waals surface area (Å²) in [6.45, 7) is 0. The van der Waals surface area contributed by atoms with E-state index in [0.29, 0.717) is 0 Å². The molecule has 15 rings (SSSR count). The molecule has 0 saturated carbocycles. The van der Waals surface area contributed by atoms with Crippen molar-refractivity contribution in [3.05, 3.63) is 280 Å². The lowest BCUT2D eigenvalue weighted by Crippen LogP contribution is -2.26. The predicted molar refractivity (Wildman–Crippen MR) is 275 cm³/mol. The van der Waals surface area contributed by atoms with Gasteiger partial charge in [0.1, 0.15) is 0 Å². The normalized spacial score (nSPS) is 14.3. The fraction of sp³-hybridized carbons (Fsp3) is 0.0312. The number of hydrogen-bond acceptors (Lipinski definition) is 2. The number of fused-ring (bicyclic) bond motifs is 22. The van der Waals surface area contributed by atoms with Crippen LogP contribution in [-0.4, -0.2) is 0 Å². The molecular formula is C64H39NS. The number of benzene rings is 10. The number of thiophene rings is 1. The Bertz CT molecular complexity index is 3740. The maximum atomic E-state index is 2.60. The van der Waals surface area contributed by atoms with Crippen LogP contribution in [0.2, 0.25) is 0 Å². The Labute approximate surface area is 388 Å². The highest BCUT2D eigenvalue weighted by Gasteiger charge is 2.55. The van der Waals surface area contributed by atoms with Crippen molar-refractivity contribution >= 4 is 38.5 Å². The van der Waals surface area contributed by atoms with E-state index in [4.69, 9.17) is 0 Å². The Hall–Kier alpha value is -8.04. The van der Waals surface area contributed by atoms with Crippen molar-refractivity contribution in [1.29, 1.82) is 0 Å². The third-order valence-corrected chi connectivity index (χ3v) is 16.6. The number of rotatable bonds is 4. The molecule has 0 N–H and O–H groups in total. The van der Waals surface area contributed by atoms with Gasteiger partial charge in [0.2, 0.25) is 0 Å². The molecule has 11 aromatic rings. The summed E-state index contributed by atoms with van der Waals surface area (Å²) in [4.78, 5) is 4.01. The van der Waals surface area contributed by atoms with Crippen LogP contribution in [0.1, 0.15) is 43.8 Å². The van der Waals surface area contributed by atoms with Gasteiger partial charge in [0, 0.05) is 37.3 Å². The van der Waals surface area contributed by atoms with Crippen molar-refractivity contribution in [2.45, 2.75) is 10.8 Å². The van der Waals surface area contributed by atoms with Gasteiger partial charge in [-0.25, -0.2) is 0 Å². The van der Waals surface area contributed by atoms with Crippen LogP contribution in [0.25, 0.3) is 65.7 Å². The van der Waals surface area contributed by atoms with Gasteiger partial charge in [-0.05, 0) is 108 Å². The lowest BCUT2D eigenvalue weighted by molar-refractivity contribution is 0.793. The molecule has 10 aromatic carbocycles. The number of hydrogen-bond donors (Lipinski definition) is 0. The van der Waals surface area contributed by atoms with Gasteiger partial charge in [0.25, 0.3) is 0 Å². The Morgan fingerprint density at radius 3 is 1.36 bits per heavy atom. The Kier molecular flexibility index (Phi) is 7.30. The second kappa shape index (κ2) is 13.3. The van der Waals surface area contributed by atoms with Crippen molar-refractivity contribution in [2.75, 3.05) is 4.90 Å². The van der Waals surface area contributed by atoms with Gasteiger partial charge in [0.15, 0.2) is 0 Å². The number of para-hydroxylation sites is 1. The van der Waals surface area contributed by atoms with Crippen molar-refractivity contribution in [3.63, 3.8) is 0 Å². The van der Waals surface area contributed by atoms with Gasteiger partial charge in [-0.1, -0.05) is 206 Å². The average molecular weight is 854 g/mol. The minimum atomic E-state index is -0.476. The van der Waals surface area contributed by atoms with Gasteiger partial charge < -0.3 is 4.90 Å². The largest absolute Gasteiger partial charge is 0.309 e. The maximum Gasteiger partial charge on any atom is 0.0820 e. The molecule has 0 bridgehead atoms. The first kappa shape index (κ1) is 36.3. The molecule has 1 nitrogen and oxygen atoms in total. The average Bonchev–Trinajstić information content (AvgIpc) is 4.15. The van der Waals surface area contributed by atoms with E-state index >= 15 is 0 Å². The van der Waals surface area contributed by atoms with Crippen LogP contribution < -0.4 is 4.90 Å². The molecule has 0 unspecified atom stereocenters. The summed E-state index contributed by atoms with van der Waals surface area (Å²) in [7, 11) is 0. The highest BCUT2D eigenvalue weighted by molar-refractivity contribution is 7.20. The third kappa shape index (κ3) is 4.40. The van der Waals surface area contributed by atoms with Crippen molar-refractivity contribution < 1.29 is 0 Å². The van der Waals surface area contributed by atoms with Crippen LogP contribution in [-0.2, 0) is 10.8 Å². The van der Waals surface area contributed by atoms with E-state index in [-0.39, 0.29) is 0 Å². The van der Waals surface area contributed by atoms with Gasteiger partial charge in [-0.2, -0.15) is 0 Å². The molecule has 0 amide bonds. The summed E-state index contributed by atoms with van der Waals surface area (Å²) in [6.07, 6.45) is 0. The molecule has 0 aliphatic heterocycles. The molecule has 2 heteroatoms. The summed E-state index contributed by atoms with van der Waals surface area (Å²) >= 11 is 1.97. The zero-order chi connectivity index (χ0) is 43.1. The molecule has 0 saturated heterocycles. The smallest absolute Gasteiger partial charge is 0.0820 e. The Balaban J connectivity index is 1.07. The first-order chi connectivity index (χ1) is 32.8. The Morgan fingerprint density at radius 2 is 0.758 bits per heavy atom. The topological polar surface area (TPSA) is 3.24 Å². The SMILES string of the molecule is c1ccc(-c2ccccc2N(c2ccc3c(c2)C2(c4ccccc4-c4ccccc42)c2ccccc2-3)c2cccc3c2-c2c(sc4ccccc24)C32c3ccccc3-c3ccccc32)cc1. The quantitative estimate of drug-likeness (QED) is 0.170. The molecule has 0 fully saturated rings. The lowest BCUT2D eigenvalue weighted by Gasteiger charge is -2.34. The minimum Gasteiger partial charge on any atom is -0.309 e. The van der Waals surface area contributed by atoms with Gasteiger partial charge in [-0.15, -0.1) is 11.3 Å². The molecule has 0 radical (unpaired) electrons. The van der Waals surface area contributed by atoms with E-state index in [0.717, 1.165) is 11.4 Å². The molecule has 1 heterocycles. The zero-order valence-corrected chi connectivity index (χ0v) is 36.7. The fourth-order valence-corrected chi connectivity index (χ4v) is 14.4. The van der Waals surface area contributed by atoms with Crippen molar-refractivity contribution in [2.24, 2.45) is 0 Å². The summed E-state index contributed by atoms with van der Waals surface area (Å²) < 4.78 is 1.32. The Morgan fingerprint density at radius 1 is 0.303 bits per heavy atom.